The van der Waals surface area contributed by atoms with E-state index in [2.05, 4.69) is 9.55 Å². The summed E-state index contributed by atoms with van der Waals surface area (Å²) in [6, 6.07) is 9.97. The molecule has 0 unspecified atom stereocenters. The summed E-state index contributed by atoms with van der Waals surface area (Å²) >= 11 is 0. The molecule has 92 valence electrons. The maximum absolute atomic E-state index is 11.0. The molecule has 0 fully saturated rings. The molecule has 3 rings (SSSR count). The highest BCUT2D eigenvalue weighted by atomic mass is 16.4. The zero-order chi connectivity index (χ0) is 12.5. The highest BCUT2D eigenvalue weighted by Gasteiger charge is 2.25. The van der Waals surface area contributed by atoms with Crippen molar-refractivity contribution in [1.29, 1.82) is 0 Å². The van der Waals surface area contributed by atoms with Gasteiger partial charge in [0.05, 0.1) is 11.6 Å². The molecule has 2 heterocycles. The van der Waals surface area contributed by atoms with Crippen molar-refractivity contribution in [1.82, 2.24) is 9.55 Å². The smallest absolute Gasteiger partial charge is 0.307 e. The van der Waals surface area contributed by atoms with Crippen LogP contribution in [0.1, 0.15) is 12.2 Å². The molecule has 0 radical (unpaired) electrons. The lowest BCUT2D eigenvalue weighted by Gasteiger charge is -2.19. The fourth-order valence-electron chi connectivity index (χ4n) is 2.39. The fourth-order valence-corrected chi connectivity index (χ4v) is 2.39. The SMILES string of the molecule is O=C(O)[C@H]1CCn2cc(-c3ccccc3)nc2C1. The number of nitrogens with zero attached hydrogens (tertiary/aromatic N) is 2. The van der Waals surface area contributed by atoms with Crippen LogP contribution in [0.2, 0.25) is 0 Å². The number of rotatable bonds is 2. The predicted molar refractivity (Wildman–Crippen MR) is 67.1 cm³/mol. The van der Waals surface area contributed by atoms with E-state index >= 15 is 0 Å². The van der Waals surface area contributed by atoms with Gasteiger partial charge in [0.25, 0.3) is 0 Å². The number of fused-ring (bicyclic) bond motifs is 1. The minimum atomic E-state index is -0.717. The fraction of sp³-hybridized carbons (Fsp3) is 0.286. The molecule has 0 saturated heterocycles. The summed E-state index contributed by atoms with van der Waals surface area (Å²) in [5.74, 6) is -0.124. The average Bonchev–Trinajstić information content (AvgIpc) is 2.82. The maximum atomic E-state index is 11.0. The van der Waals surface area contributed by atoms with Crippen molar-refractivity contribution in [3.8, 4) is 11.3 Å². The van der Waals surface area contributed by atoms with Crippen molar-refractivity contribution < 1.29 is 9.90 Å². The third kappa shape index (κ3) is 1.90. The molecule has 1 N–H and O–H groups in total. The number of aliphatic carboxylic acids is 1. The summed E-state index contributed by atoms with van der Waals surface area (Å²) in [4.78, 5) is 15.6. The first-order chi connectivity index (χ1) is 8.74. The van der Waals surface area contributed by atoms with Gasteiger partial charge in [-0.3, -0.25) is 4.79 Å². The van der Waals surface area contributed by atoms with Gasteiger partial charge >= 0.3 is 5.97 Å². The van der Waals surface area contributed by atoms with Crippen LogP contribution >= 0.6 is 0 Å². The monoisotopic (exact) mass is 242 g/mol. The first-order valence-electron chi connectivity index (χ1n) is 6.08. The lowest BCUT2D eigenvalue weighted by Crippen LogP contribution is -2.25. The standard InChI is InChI=1S/C14H14N2O2/c17-14(18)11-6-7-16-9-12(15-13(16)8-11)10-4-2-1-3-5-10/h1-5,9,11H,6-8H2,(H,17,18)/t11-/m0/s1. The predicted octanol–water partition coefficient (Wildman–Crippen LogP) is 2.20. The molecule has 0 saturated carbocycles. The second-order valence-corrected chi connectivity index (χ2v) is 4.63. The normalized spacial score (nSPS) is 18.3. The van der Waals surface area contributed by atoms with E-state index in [0.717, 1.165) is 23.6 Å². The van der Waals surface area contributed by atoms with Crippen LogP contribution in [0.25, 0.3) is 11.3 Å². The van der Waals surface area contributed by atoms with Crippen molar-refractivity contribution in [2.45, 2.75) is 19.4 Å². The summed E-state index contributed by atoms with van der Waals surface area (Å²) in [6.07, 6.45) is 3.23. The molecule has 4 heteroatoms. The molecule has 4 nitrogen and oxygen atoms in total. The number of aryl methyl sites for hydroxylation is 1. The summed E-state index contributed by atoms with van der Waals surface area (Å²) < 4.78 is 2.07. The Morgan fingerprint density at radius 2 is 2.11 bits per heavy atom. The zero-order valence-corrected chi connectivity index (χ0v) is 9.91. The number of benzene rings is 1. The van der Waals surface area contributed by atoms with E-state index in [9.17, 15) is 4.79 Å². The third-order valence-electron chi connectivity index (χ3n) is 3.43. The lowest BCUT2D eigenvalue weighted by atomic mass is 9.98. The van der Waals surface area contributed by atoms with E-state index < -0.39 is 5.97 Å². The molecule has 1 atom stereocenters. The van der Waals surface area contributed by atoms with Crippen LogP contribution in [-0.2, 0) is 17.8 Å². The van der Waals surface area contributed by atoms with Gasteiger partial charge in [0.2, 0.25) is 0 Å². The number of carboxylic acid groups (broad SMARTS) is 1. The van der Waals surface area contributed by atoms with Crippen molar-refractivity contribution in [2.24, 2.45) is 5.92 Å². The molecule has 0 aliphatic carbocycles. The molecule has 0 bridgehead atoms. The number of hydrogen-bond donors (Lipinski definition) is 1. The number of carboxylic acids is 1. The Morgan fingerprint density at radius 1 is 1.33 bits per heavy atom. The van der Waals surface area contributed by atoms with Gasteiger partial charge in [-0.15, -0.1) is 0 Å². The lowest BCUT2D eigenvalue weighted by molar-refractivity contribution is -0.142. The number of imidazole rings is 1. The van der Waals surface area contributed by atoms with Gasteiger partial charge in [-0.1, -0.05) is 30.3 Å². The van der Waals surface area contributed by atoms with Crippen LogP contribution < -0.4 is 0 Å². The van der Waals surface area contributed by atoms with E-state index in [4.69, 9.17) is 5.11 Å². The summed E-state index contributed by atoms with van der Waals surface area (Å²) in [5.41, 5.74) is 2.00. The van der Waals surface area contributed by atoms with Gasteiger partial charge in [0, 0.05) is 24.7 Å². The van der Waals surface area contributed by atoms with Crippen LogP contribution in [-0.4, -0.2) is 20.6 Å². The second kappa shape index (κ2) is 4.29. The van der Waals surface area contributed by atoms with E-state index in [1.54, 1.807) is 0 Å². The number of aromatic nitrogens is 2. The van der Waals surface area contributed by atoms with Gasteiger partial charge in [0.1, 0.15) is 5.82 Å². The van der Waals surface area contributed by atoms with Crippen molar-refractivity contribution in [3.63, 3.8) is 0 Å². The van der Waals surface area contributed by atoms with Crippen LogP contribution in [0, 0.1) is 5.92 Å². The minimum Gasteiger partial charge on any atom is -0.481 e. The molecule has 1 aliphatic rings. The van der Waals surface area contributed by atoms with E-state index in [-0.39, 0.29) is 5.92 Å². The second-order valence-electron chi connectivity index (χ2n) is 4.63. The Bertz CT molecular complexity index is 575. The third-order valence-corrected chi connectivity index (χ3v) is 3.43. The quantitative estimate of drug-likeness (QED) is 0.878. The largest absolute Gasteiger partial charge is 0.481 e. The average molecular weight is 242 g/mol. The molecule has 2 aromatic rings. The van der Waals surface area contributed by atoms with Gasteiger partial charge in [-0.2, -0.15) is 0 Å². The first-order valence-corrected chi connectivity index (χ1v) is 6.08. The van der Waals surface area contributed by atoms with E-state index in [1.807, 2.05) is 36.5 Å². The Morgan fingerprint density at radius 3 is 2.83 bits per heavy atom. The molecular formula is C14H14N2O2. The first kappa shape index (κ1) is 11.0. The van der Waals surface area contributed by atoms with Crippen molar-refractivity contribution >= 4 is 5.97 Å². The number of carbonyl (C=O) groups is 1. The molecule has 18 heavy (non-hydrogen) atoms. The summed E-state index contributed by atoms with van der Waals surface area (Å²) in [5, 5.41) is 9.05. The Balaban J connectivity index is 1.92. The van der Waals surface area contributed by atoms with Crippen molar-refractivity contribution in [3.05, 3.63) is 42.4 Å². The van der Waals surface area contributed by atoms with Gasteiger partial charge in [-0.25, -0.2) is 4.98 Å². The Labute approximate surface area is 105 Å². The maximum Gasteiger partial charge on any atom is 0.307 e. The minimum absolute atomic E-state index is 0.288. The van der Waals surface area contributed by atoms with E-state index in [0.29, 0.717) is 12.8 Å². The number of hydrogen-bond acceptors (Lipinski definition) is 2. The van der Waals surface area contributed by atoms with Crippen molar-refractivity contribution in [2.75, 3.05) is 0 Å². The van der Waals surface area contributed by atoms with Gasteiger partial charge in [0.15, 0.2) is 0 Å². The topological polar surface area (TPSA) is 55.1 Å². The Hall–Kier alpha value is -2.10. The van der Waals surface area contributed by atoms with Gasteiger partial charge in [-0.05, 0) is 6.42 Å². The van der Waals surface area contributed by atoms with Crippen LogP contribution in [0.15, 0.2) is 36.5 Å². The summed E-state index contributed by atoms with van der Waals surface area (Å²) in [7, 11) is 0. The zero-order valence-electron chi connectivity index (χ0n) is 9.91. The molecule has 0 amide bonds. The Kier molecular flexibility index (Phi) is 2.63. The molecule has 1 aromatic heterocycles. The molecular weight excluding hydrogens is 228 g/mol. The van der Waals surface area contributed by atoms with Gasteiger partial charge < -0.3 is 9.67 Å². The molecule has 0 spiro atoms. The highest BCUT2D eigenvalue weighted by Crippen LogP contribution is 2.25. The van der Waals surface area contributed by atoms with E-state index in [1.165, 1.54) is 0 Å². The highest BCUT2D eigenvalue weighted by molar-refractivity contribution is 5.70. The van der Waals surface area contributed by atoms with Crippen LogP contribution in [0.5, 0.6) is 0 Å². The summed E-state index contributed by atoms with van der Waals surface area (Å²) in [6.45, 7) is 0.742. The van der Waals surface area contributed by atoms with Crippen LogP contribution in [0.3, 0.4) is 0 Å². The molecule has 1 aromatic carbocycles. The molecule has 1 aliphatic heterocycles. The van der Waals surface area contributed by atoms with Crippen LogP contribution in [0.4, 0.5) is 0 Å².